The Hall–Kier alpha value is -3.58. The average molecular weight is 488 g/mol. The highest BCUT2D eigenvalue weighted by molar-refractivity contribution is 7.89. The van der Waals surface area contributed by atoms with Crippen molar-refractivity contribution < 1.29 is 22.7 Å². The van der Waals surface area contributed by atoms with E-state index in [1.807, 2.05) is 0 Å². The predicted molar refractivity (Wildman–Crippen MR) is 122 cm³/mol. The molecule has 3 heterocycles. The molecule has 2 N–H and O–H groups in total. The number of anilines is 1. The molecule has 1 aliphatic heterocycles. The van der Waals surface area contributed by atoms with Crippen molar-refractivity contribution in [1.82, 2.24) is 28.7 Å². The van der Waals surface area contributed by atoms with Gasteiger partial charge in [0, 0.05) is 39.6 Å². The molecule has 12 nitrogen and oxygen atoms in total. The minimum Gasteiger partial charge on any atom is -0.462 e. The Morgan fingerprint density at radius 1 is 1.12 bits per heavy atom. The van der Waals surface area contributed by atoms with Crippen LogP contribution in [-0.4, -0.2) is 81.8 Å². The van der Waals surface area contributed by atoms with E-state index in [-0.39, 0.29) is 36.1 Å². The Kier molecular flexibility index (Phi) is 6.75. The van der Waals surface area contributed by atoms with Gasteiger partial charge in [0.15, 0.2) is 11.5 Å². The predicted octanol–water partition coefficient (Wildman–Crippen LogP) is 0.508. The normalized spacial score (nSPS) is 14.9. The number of ether oxygens (including phenoxy) is 1. The van der Waals surface area contributed by atoms with Gasteiger partial charge in [0.2, 0.25) is 15.9 Å². The number of carbonyl (C=O) groups is 2. The van der Waals surface area contributed by atoms with Gasteiger partial charge in [-0.1, -0.05) is 6.07 Å². The fraction of sp³-hybridized carbons (Fsp3) is 0.381. The van der Waals surface area contributed by atoms with Crippen LogP contribution in [0.1, 0.15) is 23.7 Å². The summed E-state index contributed by atoms with van der Waals surface area (Å²) in [6, 6.07) is 5.79. The lowest BCUT2D eigenvalue weighted by Gasteiger charge is -2.33. The lowest BCUT2D eigenvalue weighted by molar-refractivity contribution is -0.129. The molecule has 1 fully saturated rings. The van der Waals surface area contributed by atoms with E-state index in [4.69, 9.17) is 10.5 Å². The third-order valence-electron chi connectivity index (χ3n) is 5.60. The highest BCUT2D eigenvalue weighted by Crippen LogP contribution is 2.20. The summed E-state index contributed by atoms with van der Waals surface area (Å²) in [4.78, 5) is 37.9. The summed E-state index contributed by atoms with van der Waals surface area (Å²) in [5, 5.41) is 0. The van der Waals surface area contributed by atoms with E-state index in [9.17, 15) is 18.0 Å². The van der Waals surface area contributed by atoms with Crippen molar-refractivity contribution in [3.05, 3.63) is 42.5 Å². The van der Waals surface area contributed by atoms with E-state index in [0.717, 1.165) is 0 Å². The van der Waals surface area contributed by atoms with Crippen LogP contribution in [0.3, 0.4) is 0 Å². The Morgan fingerprint density at radius 3 is 2.62 bits per heavy atom. The van der Waals surface area contributed by atoms with Crippen molar-refractivity contribution in [3.8, 4) is 0 Å². The third-order valence-corrected chi connectivity index (χ3v) is 7.49. The lowest BCUT2D eigenvalue weighted by Crippen LogP contribution is -2.49. The maximum Gasteiger partial charge on any atom is 0.338 e. The first-order chi connectivity index (χ1) is 16.3. The quantitative estimate of drug-likeness (QED) is 0.371. The van der Waals surface area contributed by atoms with Gasteiger partial charge in [0.1, 0.15) is 11.8 Å². The fourth-order valence-corrected chi connectivity index (χ4v) is 5.19. The van der Waals surface area contributed by atoms with Crippen LogP contribution in [-0.2, 0) is 26.1 Å². The van der Waals surface area contributed by atoms with Crippen molar-refractivity contribution in [1.29, 1.82) is 0 Å². The van der Waals surface area contributed by atoms with E-state index >= 15 is 0 Å². The van der Waals surface area contributed by atoms with Crippen molar-refractivity contribution >= 4 is 38.9 Å². The molecule has 0 atom stereocenters. The molecule has 1 aromatic carbocycles. The molecule has 0 bridgehead atoms. The number of amides is 1. The van der Waals surface area contributed by atoms with Crippen molar-refractivity contribution in [3.63, 3.8) is 0 Å². The van der Waals surface area contributed by atoms with Crippen LogP contribution in [0.2, 0.25) is 0 Å². The summed E-state index contributed by atoms with van der Waals surface area (Å²) in [5.41, 5.74) is 7.04. The molecule has 13 heteroatoms. The summed E-state index contributed by atoms with van der Waals surface area (Å²) in [6.45, 7) is 3.17. The van der Waals surface area contributed by atoms with Crippen LogP contribution in [0.5, 0.6) is 0 Å². The molecule has 0 spiro atoms. The molecule has 1 saturated heterocycles. The number of rotatable bonds is 7. The molecule has 1 aliphatic rings. The van der Waals surface area contributed by atoms with Gasteiger partial charge in [0.05, 0.1) is 23.4 Å². The SMILES string of the molecule is CC(=O)N1CCN(S(=O)(=O)c2cccc(C(=O)OCCCn3cnc4c(N)ncnc43)c2)CC1. The summed E-state index contributed by atoms with van der Waals surface area (Å²) in [6.07, 6.45) is 3.46. The van der Waals surface area contributed by atoms with Crippen molar-refractivity contribution in [2.45, 2.75) is 24.8 Å². The van der Waals surface area contributed by atoms with Gasteiger partial charge in [-0.2, -0.15) is 4.31 Å². The number of aromatic nitrogens is 4. The van der Waals surface area contributed by atoms with Crippen LogP contribution in [0.15, 0.2) is 41.8 Å². The van der Waals surface area contributed by atoms with Gasteiger partial charge in [-0.05, 0) is 24.6 Å². The Bertz CT molecular complexity index is 1320. The van der Waals surface area contributed by atoms with Crippen molar-refractivity contribution in [2.75, 3.05) is 38.5 Å². The van der Waals surface area contributed by atoms with Gasteiger partial charge in [-0.25, -0.2) is 28.2 Å². The summed E-state index contributed by atoms with van der Waals surface area (Å²) in [5.74, 6) is -0.397. The zero-order valence-electron chi connectivity index (χ0n) is 18.6. The van der Waals surface area contributed by atoms with Crippen LogP contribution < -0.4 is 5.73 Å². The molecule has 1 amide bonds. The number of hydrogen-bond donors (Lipinski definition) is 1. The molecular weight excluding hydrogens is 462 g/mol. The monoisotopic (exact) mass is 487 g/mol. The topological polar surface area (TPSA) is 154 Å². The molecule has 0 radical (unpaired) electrons. The number of nitrogen functional groups attached to an aromatic ring is 1. The van der Waals surface area contributed by atoms with Gasteiger partial charge in [0.25, 0.3) is 0 Å². The summed E-state index contributed by atoms with van der Waals surface area (Å²) in [7, 11) is -3.79. The van der Waals surface area contributed by atoms with E-state index in [1.165, 1.54) is 41.8 Å². The van der Waals surface area contributed by atoms with Crippen molar-refractivity contribution in [2.24, 2.45) is 0 Å². The van der Waals surface area contributed by atoms with Gasteiger partial charge in [-0.3, -0.25) is 4.79 Å². The van der Waals surface area contributed by atoms with Crippen LogP contribution >= 0.6 is 0 Å². The number of aryl methyl sites for hydroxylation is 1. The first-order valence-electron chi connectivity index (χ1n) is 10.7. The van der Waals surface area contributed by atoms with E-state index in [1.54, 1.807) is 15.8 Å². The molecule has 2 aromatic heterocycles. The van der Waals surface area contributed by atoms with Gasteiger partial charge < -0.3 is 19.9 Å². The van der Waals surface area contributed by atoms with Gasteiger partial charge in [-0.15, -0.1) is 0 Å². The lowest BCUT2D eigenvalue weighted by atomic mass is 10.2. The largest absolute Gasteiger partial charge is 0.462 e. The average Bonchev–Trinajstić information content (AvgIpc) is 3.26. The molecule has 0 saturated carbocycles. The first-order valence-corrected chi connectivity index (χ1v) is 12.2. The molecule has 180 valence electrons. The molecule has 0 aliphatic carbocycles. The van der Waals surface area contributed by atoms with Gasteiger partial charge >= 0.3 is 5.97 Å². The number of benzene rings is 1. The zero-order valence-corrected chi connectivity index (χ0v) is 19.4. The maximum atomic E-state index is 13.0. The van der Waals surface area contributed by atoms with E-state index < -0.39 is 16.0 Å². The van der Waals surface area contributed by atoms with E-state index in [0.29, 0.717) is 43.0 Å². The first kappa shape index (κ1) is 23.6. The van der Waals surface area contributed by atoms with Crippen LogP contribution in [0.4, 0.5) is 5.82 Å². The second-order valence-corrected chi connectivity index (χ2v) is 9.73. The number of carbonyl (C=O) groups excluding carboxylic acids is 2. The zero-order chi connectivity index (χ0) is 24.3. The number of sulfonamides is 1. The second kappa shape index (κ2) is 9.73. The minimum atomic E-state index is -3.79. The summed E-state index contributed by atoms with van der Waals surface area (Å²) < 4.78 is 34.5. The minimum absolute atomic E-state index is 0.0142. The highest BCUT2D eigenvalue weighted by Gasteiger charge is 2.29. The standard InChI is InChI=1S/C21H25N7O5S/c1-15(29)26-7-9-28(10-8-26)34(31,32)17-5-2-4-16(12-17)21(30)33-11-3-6-27-14-25-18-19(22)23-13-24-20(18)27/h2,4-5,12-14H,3,6-11H2,1H3,(H2,22,23,24). The molecule has 34 heavy (non-hydrogen) atoms. The highest BCUT2D eigenvalue weighted by atomic mass is 32.2. The maximum absolute atomic E-state index is 13.0. The molecule has 4 rings (SSSR count). The smallest absolute Gasteiger partial charge is 0.338 e. The Labute approximate surface area is 196 Å². The number of fused-ring (bicyclic) bond motifs is 1. The number of nitrogens with two attached hydrogens (primary N) is 1. The van der Waals surface area contributed by atoms with Crippen LogP contribution in [0, 0.1) is 0 Å². The number of piperazine rings is 1. The molecular formula is C21H25N7O5S. The third kappa shape index (κ3) is 4.84. The second-order valence-electron chi connectivity index (χ2n) is 7.80. The number of imidazole rings is 1. The van der Waals surface area contributed by atoms with E-state index in [2.05, 4.69) is 15.0 Å². The Morgan fingerprint density at radius 2 is 1.88 bits per heavy atom. The fourth-order valence-electron chi connectivity index (χ4n) is 3.72. The number of esters is 1. The molecule has 3 aromatic rings. The number of nitrogens with zero attached hydrogens (tertiary/aromatic N) is 6. The Balaban J connectivity index is 1.34. The van der Waals surface area contributed by atoms with Crippen LogP contribution in [0.25, 0.3) is 11.2 Å². The summed E-state index contributed by atoms with van der Waals surface area (Å²) >= 11 is 0. The number of hydrogen-bond acceptors (Lipinski definition) is 9. The molecule has 0 unspecified atom stereocenters.